The van der Waals surface area contributed by atoms with Crippen molar-refractivity contribution in [3.05, 3.63) is 69.5 Å². The van der Waals surface area contributed by atoms with Crippen LogP contribution in [0.15, 0.2) is 36.4 Å². The molecular formula is C13H7F3N2O3. The van der Waals surface area contributed by atoms with Gasteiger partial charge in [0.15, 0.2) is 0 Å². The van der Waals surface area contributed by atoms with Crippen molar-refractivity contribution in [2.75, 3.05) is 5.32 Å². The van der Waals surface area contributed by atoms with Crippen LogP contribution in [0.2, 0.25) is 0 Å². The van der Waals surface area contributed by atoms with E-state index in [0.717, 1.165) is 30.3 Å². The largest absolute Gasteiger partial charge is 0.322 e. The molecule has 0 saturated carbocycles. The number of carbonyl (C=O) groups is 1. The molecule has 5 nitrogen and oxygen atoms in total. The van der Waals surface area contributed by atoms with Gasteiger partial charge in [-0.3, -0.25) is 14.9 Å². The number of hydrogen-bond donors (Lipinski definition) is 1. The summed E-state index contributed by atoms with van der Waals surface area (Å²) >= 11 is 0. The SMILES string of the molecule is O=C(Nc1cc(F)cc(F)c1)c1ccc(F)c([N+](=O)[O-])c1. The van der Waals surface area contributed by atoms with Crippen molar-refractivity contribution >= 4 is 17.3 Å². The number of amides is 1. The molecule has 21 heavy (non-hydrogen) atoms. The second-order valence-electron chi connectivity index (χ2n) is 4.04. The topological polar surface area (TPSA) is 72.2 Å². The molecule has 0 spiro atoms. The summed E-state index contributed by atoms with van der Waals surface area (Å²) in [5, 5.41) is 12.7. The normalized spacial score (nSPS) is 10.2. The van der Waals surface area contributed by atoms with E-state index in [-0.39, 0.29) is 11.3 Å². The molecule has 0 unspecified atom stereocenters. The molecular weight excluding hydrogens is 289 g/mol. The predicted octanol–water partition coefficient (Wildman–Crippen LogP) is 3.26. The number of rotatable bonds is 3. The molecule has 0 aromatic heterocycles. The van der Waals surface area contributed by atoms with Crippen LogP contribution in [0.1, 0.15) is 10.4 Å². The van der Waals surface area contributed by atoms with Crippen molar-refractivity contribution in [3.63, 3.8) is 0 Å². The van der Waals surface area contributed by atoms with E-state index in [2.05, 4.69) is 5.32 Å². The van der Waals surface area contributed by atoms with Gasteiger partial charge in [0, 0.05) is 23.4 Å². The number of nitro groups is 1. The lowest BCUT2D eigenvalue weighted by Gasteiger charge is -2.06. The molecule has 0 aliphatic rings. The van der Waals surface area contributed by atoms with E-state index >= 15 is 0 Å². The molecule has 0 aliphatic carbocycles. The Bertz CT molecular complexity index is 714. The van der Waals surface area contributed by atoms with Gasteiger partial charge in [0.2, 0.25) is 5.82 Å². The van der Waals surface area contributed by atoms with Gasteiger partial charge in [-0.25, -0.2) is 8.78 Å². The first-order valence-corrected chi connectivity index (χ1v) is 5.58. The van der Waals surface area contributed by atoms with Gasteiger partial charge in [0.1, 0.15) is 11.6 Å². The van der Waals surface area contributed by atoms with E-state index in [1.165, 1.54) is 0 Å². The van der Waals surface area contributed by atoms with E-state index in [1.807, 2.05) is 0 Å². The molecule has 2 aromatic carbocycles. The zero-order valence-electron chi connectivity index (χ0n) is 10.3. The van der Waals surface area contributed by atoms with Crippen LogP contribution in [0.25, 0.3) is 0 Å². The number of hydrogen-bond acceptors (Lipinski definition) is 3. The standard InChI is InChI=1S/C13H7F3N2O3/c14-8-4-9(15)6-10(5-8)17-13(19)7-1-2-11(16)12(3-7)18(20)21/h1-6H,(H,17,19). The van der Waals surface area contributed by atoms with Crippen LogP contribution in [-0.2, 0) is 0 Å². The van der Waals surface area contributed by atoms with E-state index < -0.39 is 34.0 Å². The summed E-state index contributed by atoms with van der Waals surface area (Å²) in [5.74, 6) is -3.73. The monoisotopic (exact) mass is 296 g/mol. The Balaban J connectivity index is 2.28. The highest BCUT2D eigenvalue weighted by molar-refractivity contribution is 6.04. The molecule has 2 aromatic rings. The van der Waals surface area contributed by atoms with Crippen molar-refractivity contribution in [2.24, 2.45) is 0 Å². The van der Waals surface area contributed by atoms with Gasteiger partial charge in [0.05, 0.1) is 4.92 Å². The minimum atomic E-state index is -1.09. The first-order valence-electron chi connectivity index (χ1n) is 5.58. The fourth-order valence-corrected chi connectivity index (χ4v) is 1.62. The molecule has 0 aliphatic heterocycles. The number of benzene rings is 2. The highest BCUT2D eigenvalue weighted by Gasteiger charge is 2.17. The Kier molecular flexibility index (Phi) is 3.88. The van der Waals surface area contributed by atoms with E-state index in [9.17, 15) is 28.1 Å². The third-order valence-corrected chi connectivity index (χ3v) is 2.53. The van der Waals surface area contributed by atoms with Crippen LogP contribution in [0.5, 0.6) is 0 Å². The van der Waals surface area contributed by atoms with E-state index in [0.29, 0.717) is 6.07 Å². The average Bonchev–Trinajstić information content (AvgIpc) is 2.37. The van der Waals surface area contributed by atoms with Gasteiger partial charge in [-0.1, -0.05) is 0 Å². The van der Waals surface area contributed by atoms with Crippen molar-refractivity contribution in [2.45, 2.75) is 0 Å². The van der Waals surface area contributed by atoms with Crippen molar-refractivity contribution in [3.8, 4) is 0 Å². The summed E-state index contributed by atoms with van der Waals surface area (Å²) < 4.78 is 39.1. The Morgan fingerprint density at radius 2 is 1.67 bits per heavy atom. The van der Waals surface area contributed by atoms with Gasteiger partial charge in [-0.15, -0.1) is 0 Å². The molecule has 1 amide bonds. The lowest BCUT2D eigenvalue weighted by Crippen LogP contribution is -2.12. The lowest BCUT2D eigenvalue weighted by atomic mass is 10.1. The maximum absolute atomic E-state index is 13.1. The average molecular weight is 296 g/mol. The van der Waals surface area contributed by atoms with E-state index in [4.69, 9.17) is 0 Å². The number of anilines is 1. The maximum atomic E-state index is 13.1. The number of halogens is 3. The first kappa shape index (κ1) is 14.5. The Labute approximate surface area is 116 Å². The lowest BCUT2D eigenvalue weighted by molar-refractivity contribution is -0.387. The third-order valence-electron chi connectivity index (χ3n) is 2.53. The summed E-state index contributed by atoms with van der Waals surface area (Å²) in [6, 6.07) is 4.89. The smallest absolute Gasteiger partial charge is 0.305 e. The molecule has 1 N–H and O–H groups in total. The van der Waals surface area contributed by atoms with Crippen molar-refractivity contribution < 1.29 is 22.9 Å². The highest BCUT2D eigenvalue weighted by Crippen LogP contribution is 2.20. The van der Waals surface area contributed by atoms with Gasteiger partial charge in [0.25, 0.3) is 5.91 Å². The van der Waals surface area contributed by atoms with E-state index in [1.54, 1.807) is 0 Å². The number of nitrogens with one attached hydrogen (secondary N) is 1. The molecule has 0 fully saturated rings. The van der Waals surface area contributed by atoms with Gasteiger partial charge >= 0.3 is 5.69 Å². The molecule has 0 heterocycles. The Morgan fingerprint density at radius 1 is 1.05 bits per heavy atom. The van der Waals surface area contributed by atoms with Crippen LogP contribution in [0, 0.1) is 27.6 Å². The van der Waals surface area contributed by atoms with Crippen LogP contribution < -0.4 is 5.32 Å². The summed E-state index contributed by atoms with van der Waals surface area (Å²) in [5.41, 5.74) is -1.25. The number of carbonyl (C=O) groups excluding carboxylic acids is 1. The number of nitrogens with zero attached hydrogens (tertiary/aromatic N) is 1. The summed E-state index contributed by atoms with van der Waals surface area (Å²) in [6.07, 6.45) is 0. The minimum Gasteiger partial charge on any atom is -0.322 e. The van der Waals surface area contributed by atoms with Crippen LogP contribution in [0.4, 0.5) is 24.5 Å². The predicted molar refractivity (Wildman–Crippen MR) is 67.4 cm³/mol. The van der Waals surface area contributed by atoms with Gasteiger partial charge in [-0.2, -0.15) is 4.39 Å². The minimum absolute atomic E-state index is 0.163. The molecule has 0 radical (unpaired) electrons. The number of nitro benzene ring substituents is 1. The van der Waals surface area contributed by atoms with Crippen molar-refractivity contribution in [1.82, 2.24) is 0 Å². The second-order valence-corrected chi connectivity index (χ2v) is 4.04. The quantitative estimate of drug-likeness (QED) is 0.698. The Morgan fingerprint density at radius 3 is 2.24 bits per heavy atom. The highest BCUT2D eigenvalue weighted by atomic mass is 19.1. The fraction of sp³-hybridized carbons (Fsp3) is 0. The first-order chi connectivity index (χ1) is 9.86. The molecule has 0 bridgehead atoms. The molecule has 0 saturated heterocycles. The molecule has 2 rings (SSSR count). The van der Waals surface area contributed by atoms with Crippen LogP contribution in [0.3, 0.4) is 0 Å². The summed E-state index contributed by atoms with van der Waals surface area (Å²) in [4.78, 5) is 21.4. The molecule has 108 valence electrons. The fourth-order valence-electron chi connectivity index (χ4n) is 1.62. The summed E-state index contributed by atoms with van der Waals surface area (Å²) in [6.45, 7) is 0. The zero-order chi connectivity index (χ0) is 15.6. The molecule has 8 heteroatoms. The van der Waals surface area contributed by atoms with Gasteiger partial charge < -0.3 is 5.32 Å². The summed E-state index contributed by atoms with van der Waals surface area (Å²) in [7, 11) is 0. The van der Waals surface area contributed by atoms with Crippen LogP contribution >= 0.6 is 0 Å². The zero-order valence-corrected chi connectivity index (χ0v) is 10.3. The second kappa shape index (κ2) is 5.61. The van der Waals surface area contributed by atoms with Gasteiger partial charge in [-0.05, 0) is 24.3 Å². The van der Waals surface area contributed by atoms with Crippen LogP contribution in [-0.4, -0.2) is 10.8 Å². The maximum Gasteiger partial charge on any atom is 0.305 e. The molecule has 0 atom stereocenters. The third kappa shape index (κ3) is 3.35. The Hall–Kier alpha value is -2.90. The van der Waals surface area contributed by atoms with Crippen molar-refractivity contribution in [1.29, 1.82) is 0 Å².